The summed E-state index contributed by atoms with van der Waals surface area (Å²) < 4.78 is 7.40. The van der Waals surface area contributed by atoms with Gasteiger partial charge in [0.15, 0.2) is 5.82 Å². The van der Waals surface area contributed by atoms with Gasteiger partial charge in [-0.15, -0.1) is 5.10 Å². The summed E-state index contributed by atoms with van der Waals surface area (Å²) in [5, 5.41) is 12.1. The zero-order valence-electron chi connectivity index (χ0n) is 11.4. The van der Waals surface area contributed by atoms with Crippen LogP contribution in [0.5, 0.6) is 0 Å². The Hall–Kier alpha value is -2.15. The van der Waals surface area contributed by atoms with Crippen molar-refractivity contribution in [2.24, 2.45) is 0 Å². The van der Waals surface area contributed by atoms with Crippen LogP contribution in [0.3, 0.4) is 0 Å². The van der Waals surface area contributed by atoms with E-state index in [-0.39, 0.29) is 5.54 Å². The van der Waals surface area contributed by atoms with Gasteiger partial charge in [-0.1, -0.05) is 0 Å². The third kappa shape index (κ3) is 2.09. The molecule has 1 aliphatic rings. The van der Waals surface area contributed by atoms with Gasteiger partial charge in [-0.2, -0.15) is 0 Å². The minimum atomic E-state index is -0.245. The van der Waals surface area contributed by atoms with E-state index in [1.54, 1.807) is 12.1 Å². The van der Waals surface area contributed by atoms with Crippen molar-refractivity contribution in [1.29, 1.82) is 0 Å². The Balaban J connectivity index is 2.05. The molecule has 2 aromatic rings. The van der Waals surface area contributed by atoms with Gasteiger partial charge in [0, 0.05) is 23.5 Å². The smallest absolute Gasteiger partial charge is 0.184 e. The second-order valence-corrected chi connectivity index (χ2v) is 5.41. The zero-order chi connectivity index (χ0) is 14.2. The van der Waals surface area contributed by atoms with E-state index in [4.69, 9.17) is 16.2 Å². The average molecular weight is 274 g/mol. The monoisotopic (exact) mass is 274 g/mol. The van der Waals surface area contributed by atoms with Gasteiger partial charge in [0.2, 0.25) is 0 Å². The van der Waals surface area contributed by atoms with Crippen molar-refractivity contribution in [1.82, 2.24) is 20.2 Å². The lowest BCUT2D eigenvalue weighted by Crippen LogP contribution is -2.40. The summed E-state index contributed by atoms with van der Waals surface area (Å²) in [4.78, 5) is 0. The minimum absolute atomic E-state index is 0.245. The fraction of sp³-hybridized carbons (Fsp3) is 0.462. The maximum atomic E-state index is 6.03. The molecule has 106 valence electrons. The first-order chi connectivity index (χ1) is 9.60. The standard InChI is InChI=1S/C13H18N6O/c1-13(5-2-6-20-8-13)19-12(16-17-18-19)10-4-3-9(14)7-11(10)15/h3-4,7H,2,5-6,8,14-15H2,1H3. The van der Waals surface area contributed by atoms with E-state index in [2.05, 4.69) is 22.4 Å². The molecule has 0 saturated carbocycles. The Bertz CT molecular complexity index is 617. The van der Waals surface area contributed by atoms with Gasteiger partial charge in [0.05, 0.1) is 12.1 Å². The highest BCUT2D eigenvalue weighted by Crippen LogP contribution is 2.32. The first kappa shape index (κ1) is 12.9. The summed E-state index contributed by atoms with van der Waals surface area (Å²) in [5.41, 5.74) is 13.5. The van der Waals surface area contributed by atoms with Crippen molar-refractivity contribution < 1.29 is 4.74 Å². The quantitative estimate of drug-likeness (QED) is 0.792. The summed E-state index contributed by atoms with van der Waals surface area (Å²) in [6, 6.07) is 5.36. The topological polar surface area (TPSA) is 105 Å². The number of rotatable bonds is 2. The number of hydrogen-bond donors (Lipinski definition) is 2. The SMILES string of the molecule is CC1(n2nnnc2-c2ccc(N)cc2N)CCCOC1. The zero-order valence-corrected chi connectivity index (χ0v) is 11.4. The van der Waals surface area contributed by atoms with Crippen molar-refractivity contribution in [3.63, 3.8) is 0 Å². The van der Waals surface area contributed by atoms with Crippen molar-refractivity contribution in [3.05, 3.63) is 18.2 Å². The number of nitrogens with zero attached hydrogens (tertiary/aromatic N) is 4. The second kappa shape index (κ2) is 4.75. The van der Waals surface area contributed by atoms with E-state index in [1.165, 1.54) is 0 Å². The molecule has 1 unspecified atom stereocenters. The predicted molar refractivity (Wildman–Crippen MR) is 75.8 cm³/mol. The summed E-state index contributed by atoms with van der Waals surface area (Å²) in [6.07, 6.45) is 1.97. The van der Waals surface area contributed by atoms with Crippen LogP contribution in [0.4, 0.5) is 11.4 Å². The van der Waals surface area contributed by atoms with Gasteiger partial charge >= 0.3 is 0 Å². The van der Waals surface area contributed by atoms with Crippen molar-refractivity contribution in [2.75, 3.05) is 24.7 Å². The highest BCUT2D eigenvalue weighted by molar-refractivity contribution is 5.74. The molecule has 0 spiro atoms. The van der Waals surface area contributed by atoms with Gasteiger partial charge in [0.1, 0.15) is 0 Å². The molecule has 1 aromatic carbocycles. The van der Waals surface area contributed by atoms with E-state index in [1.807, 2.05) is 10.7 Å². The number of aromatic nitrogens is 4. The third-order valence-corrected chi connectivity index (χ3v) is 3.71. The lowest BCUT2D eigenvalue weighted by atomic mass is 9.94. The lowest BCUT2D eigenvalue weighted by Gasteiger charge is -2.33. The number of anilines is 2. The van der Waals surface area contributed by atoms with E-state index in [0.29, 0.717) is 23.8 Å². The second-order valence-electron chi connectivity index (χ2n) is 5.41. The summed E-state index contributed by atoms with van der Waals surface area (Å²) >= 11 is 0. The largest absolute Gasteiger partial charge is 0.399 e. The molecule has 0 amide bonds. The van der Waals surface area contributed by atoms with Gasteiger partial charge in [-0.25, -0.2) is 4.68 Å². The maximum absolute atomic E-state index is 6.03. The number of benzene rings is 1. The van der Waals surface area contributed by atoms with Gasteiger partial charge < -0.3 is 16.2 Å². The number of nitrogen functional groups attached to an aromatic ring is 2. The Morgan fingerprint density at radius 1 is 1.35 bits per heavy atom. The molecule has 3 rings (SSSR count). The highest BCUT2D eigenvalue weighted by atomic mass is 16.5. The third-order valence-electron chi connectivity index (χ3n) is 3.71. The van der Waals surface area contributed by atoms with Crippen LogP contribution in [0.1, 0.15) is 19.8 Å². The number of tetrazole rings is 1. The normalized spacial score (nSPS) is 22.9. The Kier molecular flexibility index (Phi) is 3.06. The number of hydrogen-bond acceptors (Lipinski definition) is 6. The van der Waals surface area contributed by atoms with Gasteiger partial charge in [0.25, 0.3) is 0 Å². The van der Waals surface area contributed by atoms with Gasteiger partial charge in [-0.3, -0.25) is 0 Å². The van der Waals surface area contributed by atoms with E-state index >= 15 is 0 Å². The maximum Gasteiger partial charge on any atom is 0.184 e. The predicted octanol–water partition coefficient (Wildman–Crippen LogP) is 1.03. The van der Waals surface area contributed by atoms with Crippen LogP contribution >= 0.6 is 0 Å². The molecule has 4 N–H and O–H groups in total. The molecule has 1 saturated heterocycles. The molecule has 0 radical (unpaired) electrons. The first-order valence-electron chi connectivity index (χ1n) is 6.62. The molecule has 1 fully saturated rings. The van der Waals surface area contributed by atoms with Crippen molar-refractivity contribution in [3.8, 4) is 11.4 Å². The van der Waals surface area contributed by atoms with Crippen LogP contribution < -0.4 is 11.5 Å². The minimum Gasteiger partial charge on any atom is -0.399 e. The van der Waals surface area contributed by atoms with Crippen LogP contribution in [0.25, 0.3) is 11.4 Å². The molecular weight excluding hydrogens is 256 g/mol. The lowest BCUT2D eigenvalue weighted by molar-refractivity contribution is 0.00349. The Labute approximate surface area is 116 Å². The van der Waals surface area contributed by atoms with Gasteiger partial charge in [-0.05, 0) is 48.4 Å². The van der Waals surface area contributed by atoms with Crippen LogP contribution in [0.2, 0.25) is 0 Å². The summed E-state index contributed by atoms with van der Waals surface area (Å²) in [7, 11) is 0. The first-order valence-corrected chi connectivity index (χ1v) is 6.62. The summed E-state index contributed by atoms with van der Waals surface area (Å²) in [6.45, 7) is 3.48. The van der Waals surface area contributed by atoms with Crippen LogP contribution in [0.15, 0.2) is 18.2 Å². The van der Waals surface area contributed by atoms with Crippen LogP contribution in [0, 0.1) is 0 Å². The molecule has 1 aliphatic heterocycles. The average Bonchev–Trinajstić information content (AvgIpc) is 2.89. The molecule has 1 aromatic heterocycles. The number of ether oxygens (including phenoxy) is 1. The Morgan fingerprint density at radius 2 is 2.20 bits per heavy atom. The number of nitrogens with two attached hydrogens (primary N) is 2. The van der Waals surface area contributed by atoms with E-state index in [9.17, 15) is 0 Å². The van der Waals surface area contributed by atoms with Crippen LogP contribution in [-0.2, 0) is 10.3 Å². The summed E-state index contributed by atoms with van der Waals surface area (Å²) in [5.74, 6) is 0.649. The fourth-order valence-corrected chi connectivity index (χ4v) is 2.59. The molecule has 0 bridgehead atoms. The molecule has 0 aliphatic carbocycles. The molecule has 1 atom stereocenters. The Morgan fingerprint density at radius 3 is 2.90 bits per heavy atom. The molecule has 7 heteroatoms. The highest BCUT2D eigenvalue weighted by Gasteiger charge is 2.34. The molecule has 20 heavy (non-hydrogen) atoms. The van der Waals surface area contributed by atoms with E-state index in [0.717, 1.165) is 25.0 Å². The van der Waals surface area contributed by atoms with Crippen molar-refractivity contribution >= 4 is 11.4 Å². The fourth-order valence-electron chi connectivity index (χ4n) is 2.59. The molecule has 2 heterocycles. The molecular formula is C13H18N6O. The van der Waals surface area contributed by atoms with Crippen molar-refractivity contribution in [2.45, 2.75) is 25.3 Å². The van der Waals surface area contributed by atoms with E-state index < -0.39 is 0 Å². The molecule has 7 nitrogen and oxygen atoms in total. The van der Waals surface area contributed by atoms with Crippen LogP contribution in [-0.4, -0.2) is 33.4 Å².